The molecule has 2 N–H and O–H groups in total. The van der Waals surface area contributed by atoms with Crippen molar-refractivity contribution < 1.29 is 9.53 Å². The molecule has 0 aromatic carbocycles. The van der Waals surface area contributed by atoms with Gasteiger partial charge in [0, 0.05) is 0 Å². The van der Waals surface area contributed by atoms with E-state index in [2.05, 4.69) is 9.73 Å². The Morgan fingerprint density at radius 3 is 2.67 bits per heavy atom. The Hall–Kier alpha value is -1.06. The van der Waals surface area contributed by atoms with Gasteiger partial charge < -0.3 is 10.5 Å². The van der Waals surface area contributed by atoms with Crippen LogP contribution in [0.4, 0.5) is 4.79 Å². The molecule has 0 aliphatic rings. The lowest BCUT2D eigenvalue weighted by atomic mass is 10.7. The summed E-state index contributed by atoms with van der Waals surface area (Å²) >= 11 is 0. The average Bonchev–Trinajstić information content (AvgIpc) is 1.63. The Labute approximate surface area is 53.7 Å². The van der Waals surface area contributed by atoms with Crippen LogP contribution in [0.3, 0.4) is 0 Å². The fourth-order valence-corrected chi connectivity index (χ4v) is 0.300. The molecule has 4 heteroatoms. The second-order valence-electron chi connectivity index (χ2n) is 1.45. The summed E-state index contributed by atoms with van der Waals surface area (Å²) in [5, 5.41) is 0. The fourth-order valence-electron chi connectivity index (χ4n) is 0.300. The third kappa shape index (κ3) is 4.80. The van der Waals surface area contributed by atoms with Crippen LogP contribution in [0.2, 0.25) is 0 Å². The van der Waals surface area contributed by atoms with Gasteiger partial charge in [-0.3, -0.25) is 0 Å². The van der Waals surface area contributed by atoms with Crippen molar-refractivity contribution in [2.45, 2.75) is 13.8 Å². The molecule has 0 saturated carbocycles. The van der Waals surface area contributed by atoms with Gasteiger partial charge in [0.15, 0.2) is 0 Å². The Morgan fingerprint density at radius 2 is 2.33 bits per heavy atom. The van der Waals surface area contributed by atoms with Crippen LogP contribution < -0.4 is 5.73 Å². The molecule has 0 spiro atoms. The van der Waals surface area contributed by atoms with Gasteiger partial charge in [-0.15, -0.1) is 0 Å². The summed E-state index contributed by atoms with van der Waals surface area (Å²) in [6.45, 7) is 3.56. The van der Waals surface area contributed by atoms with Crippen molar-refractivity contribution in [2.75, 3.05) is 6.61 Å². The quantitative estimate of drug-likeness (QED) is 0.415. The van der Waals surface area contributed by atoms with E-state index in [1.165, 1.54) is 6.92 Å². The maximum absolute atomic E-state index is 10.4. The molecule has 0 aromatic rings. The van der Waals surface area contributed by atoms with Gasteiger partial charge >= 0.3 is 6.09 Å². The smallest absolute Gasteiger partial charge is 0.435 e. The molecule has 0 bridgehead atoms. The maximum Gasteiger partial charge on any atom is 0.435 e. The first-order valence-electron chi connectivity index (χ1n) is 2.64. The van der Waals surface area contributed by atoms with Crippen LogP contribution >= 0.6 is 0 Å². The van der Waals surface area contributed by atoms with E-state index in [1.54, 1.807) is 6.92 Å². The van der Waals surface area contributed by atoms with E-state index >= 15 is 0 Å². The van der Waals surface area contributed by atoms with E-state index in [9.17, 15) is 4.79 Å². The second kappa shape index (κ2) is 3.88. The molecule has 1 amide bonds. The summed E-state index contributed by atoms with van der Waals surface area (Å²) in [5.74, 6) is 0.216. The van der Waals surface area contributed by atoms with Crippen molar-refractivity contribution in [1.29, 1.82) is 0 Å². The zero-order valence-electron chi connectivity index (χ0n) is 5.55. The molecule has 0 heterocycles. The maximum atomic E-state index is 10.4. The predicted octanol–water partition coefficient (Wildman–Crippen LogP) is 0.520. The molecule has 0 aliphatic heterocycles. The molecule has 0 atom stereocenters. The highest BCUT2D eigenvalue weighted by Gasteiger charge is 1.94. The van der Waals surface area contributed by atoms with Gasteiger partial charge in [0.2, 0.25) is 0 Å². The van der Waals surface area contributed by atoms with E-state index in [0.29, 0.717) is 6.61 Å². The fraction of sp³-hybridized carbons (Fsp3) is 0.600. The number of nitrogens with two attached hydrogens (primary N) is 1. The third-order valence-electron chi connectivity index (χ3n) is 0.535. The molecule has 0 radical (unpaired) electrons. The first-order valence-corrected chi connectivity index (χ1v) is 2.64. The molecule has 0 rings (SSSR count). The molecule has 9 heavy (non-hydrogen) atoms. The first-order chi connectivity index (χ1) is 4.16. The molecule has 4 nitrogen and oxygen atoms in total. The van der Waals surface area contributed by atoms with E-state index < -0.39 is 6.09 Å². The number of rotatable bonds is 1. The topological polar surface area (TPSA) is 64.7 Å². The molecule has 0 aromatic heterocycles. The van der Waals surface area contributed by atoms with Crippen molar-refractivity contribution in [3.8, 4) is 0 Å². The number of nitrogens with zero attached hydrogens (tertiary/aromatic N) is 1. The van der Waals surface area contributed by atoms with Crippen LogP contribution in [0.5, 0.6) is 0 Å². The number of amidine groups is 1. The van der Waals surface area contributed by atoms with Crippen LogP contribution in [-0.2, 0) is 4.74 Å². The molecular formula is C5H10N2O2. The highest BCUT2D eigenvalue weighted by Crippen LogP contribution is 1.81. The highest BCUT2D eigenvalue weighted by atomic mass is 16.5. The predicted molar refractivity (Wildman–Crippen MR) is 34.3 cm³/mol. The lowest BCUT2D eigenvalue weighted by molar-refractivity contribution is 0.163. The molecule has 52 valence electrons. The molecule has 0 aliphatic carbocycles. The lowest BCUT2D eigenvalue weighted by Crippen LogP contribution is -2.09. The van der Waals surface area contributed by atoms with Crippen molar-refractivity contribution in [1.82, 2.24) is 0 Å². The van der Waals surface area contributed by atoms with E-state index in [0.717, 1.165) is 0 Å². The van der Waals surface area contributed by atoms with Crippen molar-refractivity contribution in [2.24, 2.45) is 10.7 Å². The number of hydrogen-bond acceptors (Lipinski definition) is 2. The van der Waals surface area contributed by atoms with Gasteiger partial charge in [-0.05, 0) is 13.8 Å². The van der Waals surface area contributed by atoms with E-state index in [-0.39, 0.29) is 5.84 Å². The monoisotopic (exact) mass is 130 g/mol. The SMILES string of the molecule is CCOC(=O)/N=C(/C)N. The summed E-state index contributed by atoms with van der Waals surface area (Å²) in [6.07, 6.45) is -0.627. The lowest BCUT2D eigenvalue weighted by Gasteiger charge is -1.93. The van der Waals surface area contributed by atoms with E-state index in [1.807, 2.05) is 0 Å². The minimum atomic E-state index is -0.627. The zero-order chi connectivity index (χ0) is 7.28. The Balaban J connectivity index is 3.63. The Bertz CT molecular complexity index is 127. The third-order valence-corrected chi connectivity index (χ3v) is 0.535. The molecular weight excluding hydrogens is 120 g/mol. The van der Waals surface area contributed by atoms with Crippen molar-refractivity contribution in [3.05, 3.63) is 0 Å². The standard InChI is InChI=1S/C5H10N2O2/c1-3-9-5(8)7-4(2)6/h3H2,1-2H3,(H2,6,7,8). The van der Waals surface area contributed by atoms with Crippen LogP contribution in [0.25, 0.3) is 0 Å². The van der Waals surface area contributed by atoms with Gasteiger partial charge in [-0.2, -0.15) is 4.99 Å². The second-order valence-corrected chi connectivity index (χ2v) is 1.45. The van der Waals surface area contributed by atoms with Gasteiger partial charge in [-0.1, -0.05) is 0 Å². The van der Waals surface area contributed by atoms with Gasteiger partial charge in [0.25, 0.3) is 0 Å². The molecule has 0 saturated heterocycles. The number of ether oxygens (including phenoxy) is 1. The number of hydrogen-bond donors (Lipinski definition) is 1. The van der Waals surface area contributed by atoms with Gasteiger partial charge in [-0.25, -0.2) is 4.79 Å². The van der Waals surface area contributed by atoms with Crippen molar-refractivity contribution in [3.63, 3.8) is 0 Å². The summed E-state index contributed by atoms with van der Waals surface area (Å²) in [5.41, 5.74) is 5.07. The Morgan fingerprint density at radius 1 is 1.78 bits per heavy atom. The largest absolute Gasteiger partial charge is 0.448 e. The van der Waals surface area contributed by atoms with Gasteiger partial charge in [0.1, 0.15) is 5.84 Å². The minimum Gasteiger partial charge on any atom is -0.448 e. The summed E-state index contributed by atoms with van der Waals surface area (Å²) in [6, 6.07) is 0. The van der Waals surface area contributed by atoms with Crippen LogP contribution in [0.15, 0.2) is 4.99 Å². The highest BCUT2D eigenvalue weighted by molar-refractivity contribution is 5.88. The average molecular weight is 130 g/mol. The van der Waals surface area contributed by atoms with Crippen molar-refractivity contribution >= 4 is 11.9 Å². The zero-order valence-corrected chi connectivity index (χ0v) is 5.55. The molecule has 0 unspecified atom stereocenters. The van der Waals surface area contributed by atoms with Crippen LogP contribution in [0, 0.1) is 0 Å². The Kier molecular flexibility index (Phi) is 3.43. The molecule has 0 fully saturated rings. The number of amides is 1. The minimum absolute atomic E-state index is 0.216. The summed E-state index contributed by atoms with van der Waals surface area (Å²) < 4.78 is 4.45. The van der Waals surface area contributed by atoms with Crippen LogP contribution in [0.1, 0.15) is 13.8 Å². The summed E-state index contributed by atoms with van der Waals surface area (Å²) in [4.78, 5) is 13.7. The normalized spacial score (nSPS) is 11.1. The first kappa shape index (κ1) is 7.94. The number of carbonyl (C=O) groups is 1. The number of carbonyl (C=O) groups excluding carboxylic acids is 1. The van der Waals surface area contributed by atoms with E-state index in [4.69, 9.17) is 5.73 Å². The summed E-state index contributed by atoms with van der Waals surface area (Å²) in [7, 11) is 0. The number of aliphatic imine (C=N–C) groups is 1. The van der Waals surface area contributed by atoms with Crippen LogP contribution in [-0.4, -0.2) is 18.5 Å². The van der Waals surface area contributed by atoms with Gasteiger partial charge in [0.05, 0.1) is 6.61 Å².